The zero-order valence-electron chi connectivity index (χ0n) is 12.0. The van der Waals surface area contributed by atoms with Gasteiger partial charge in [-0.15, -0.1) is 0 Å². The second-order valence-electron chi connectivity index (χ2n) is 4.35. The number of nitrogens with two attached hydrogens (primary N) is 1. The molecule has 0 radical (unpaired) electrons. The summed E-state index contributed by atoms with van der Waals surface area (Å²) in [5, 5.41) is 0. The number of hydrogen-bond donors (Lipinski definition) is 1. The Morgan fingerprint density at radius 3 is 2.63 bits per heavy atom. The zero-order valence-corrected chi connectivity index (χ0v) is 12.0. The van der Waals surface area contributed by atoms with Crippen molar-refractivity contribution in [1.82, 2.24) is 0 Å². The Labute approximate surface area is 115 Å². The van der Waals surface area contributed by atoms with Crippen molar-refractivity contribution in [2.75, 3.05) is 33.5 Å². The number of ether oxygens (including phenoxy) is 3. The minimum Gasteiger partial charge on any atom is -0.493 e. The number of benzene rings is 1. The Hall–Kier alpha value is -1.26. The second kappa shape index (κ2) is 9.64. The lowest BCUT2D eigenvalue weighted by molar-refractivity contribution is 0.171. The summed E-state index contributed by atoms with van der Waals surface area (Å²) in [4.78, 5) is 0. The molecule has 0 spiro atoms. The minimum absolute atomic E-state index is 0.615. The third-order valence-corrected chi connectivity index (χ3v) is 2.68. The topological polar surface area (TPSA) is 53.7 Å². The number of rotatable bonds is 10. The van der Waals surface area contributed by atoms with Gasteiger partial charge < -0.3 is 19.9 Å². The van der Waals surface area contributed by atoms with E-state index in [9.17, 15) is 0 Å². The van der Waals surface area contributed by atoms with Gasteiger partial charge in [-0.05, 0) is 31.0 Å². The van der Waals surface area contributed by atoms with Crippen molar-refractivity contribution in [1.29, 1.82) is 0 Å². The molecule has 2 N–H and O–H groups in total. The fourth-order valence-corrected chi connectivity index (χ4v) is 1.73. The first-order chi connectivity index (χ1) is 9.31. The van der Waals surface area contributed by atoms with E-state index in [2.05, 4.69) is 6.92 Å². The molecule has 0 unspecified atom stereocenters. The van der Waals surface area contributed by atoms with Gasteiger partial charge in [0.15, 0.2) is 0 Å². The second-order valence-corrected chi connectivity index (χ2v) is 4.35. The molecule has 0 atom stereocenters. The van der Waals surface area contributed by atoms with Crippen molar-refractivity contribution in [3.05, 3.63) is 23.8 Å². The highest BCUT2D eigenvalue weighted by Crippen LogP contribution is 2.25. The van der Waals surface area contributed by atoms with Crippen LogP contribution in [0.1, 0.15) is 25.3 Å². The van der Waals surface area contributed by atoms with Crippen LogP contribution in [0.25, 0.3) is 0 Å². The number of methoxy groups -OCH3 is 1. The molecule has 0 saturated carbocycles. The molecule has 4 nitrogen and oxygen atoms in total. The Morgan fingerprint density at radius 1 is 1.11 bits per heavy atom. The molecule has 1 aromatic rings. The molecular weight excluding hydrogens is 242 g/mol. The van der Waals surface area contributed by atoms with E-state index in [1.807, 2.05) is 18.2 Å². The molecule has 0 amide bonds. The molecule has 1 rings (SSSR count). The first-order valence-electron chi connectivity index (χ1n) is 6.89. The van der Waals surface area contributed by atoms with Gasteiger partial charge in [-0.1, -0.05) is 13.0 Å². The lowest BCUT2D eigenvalue weighted by Crippen LogP contribution is -2.07. The Balaban J connectivity index is 2.65. The van der Waals surface area contributed by atoms with Crippen LogP contribution in [-0.2, 0) is 11.2 Å². The average molecular weight is 267 g/mol. The van der Waals surface area contributed by atoms with Crippen LogP contribution < -0.4 is 15.2 Å². The summed E-state index contributed by atoms with van der Waals surface area (Å²) in [6.07, 6.45) is 2.68. The fourth-order valence-electron chi connectivity index (χ4n) is 1.73. The van der Waals surface area contributed by atoms with Gasteiger partial charge in [0.25, 0.3) is 0 Å². The van der Waals surface area contributed by atoms with E-state index in [0.29, 0.717) is 19.8 Å². The van der Waals surface area contributed by atoms with E-state index in [1.54, 1.807) is 7.11 Å². The van der Waals surface area contributed by atoms with Gasteiger partial charge >= 0.3 is 0 Å². The third-order valence-electron chi connectivity index (χ3n) is 2.68. The van der Waals surface area contributed by atoms with Crippen LogP contribution in [0.4, 0.5) is 0 Å². The zero-order chi connectivity index (χ0) is 13.9. The van der Waals surface area contributed by atoms with Crippen LogP contribution in [-0.4, -0.2) is 33.5 Å². The predicted molar refractivity (Wildman–Crippen MR) is 77.0 cm³/mol. The summed E-state index contributed by atoms with van der Waals surface area (Å²) in [5.74, 6) is 1.72. The summed E-state index contributed by atoms with van der Waals surface area (Å²) in [6, 6.07) is 5.96. The van der Waals surface area contributed by atoms with Crippen molar-refractivity contribution < 1.29 is 14.2 Å². The summed E-state index contributed by atoms with van der Waals surface area (Å²) in [6.45, 7) is 4.77. The van der Waals surface area contributed by atoms with E-state index in [4.69, 9.17) is 19.9 Å². The van der Waals surface area contributed by atoms with Crippen LogP contribution in [0, 0.1) is 0 Å². The highest BCUT2D eigenvalue weighted by Gasteiger charge is 2.06. The van der Waals surface area contributed by atoms with Gasteiger partial charge in [0, 0.05) is 26.2 Å². The molecule has 0 saturated heterocycles. The first kappa shape index (κ1) is 15.8. The molecule has 1 aromatic carbocycles. The van der Waals surface area contributed by atoms with Crippen molar-refractivity contribution >= 4 is 0 Å². The summed E-state index contributed by atoms with van der Waals surface area (Å²) in [7, 11) is 1.69. The lowest BCUT2D eigenvalue weighted by atomic mass is 10.1. The summed E-state index contributed by atoms with van der Waals surface area (Å²) in [5.41, 5.74) is 6.75. The Morgan fingerprint density at radius 2 is 1.95 bits per heavy atom. The van der Waals surface area contributed by atoms with Crippen LogP contribution >= 0.6 is 0 Å². The van der Waals surface area contributed by atoms with Crippen molar-refractivity contribution in [3.63, 3.8) is 0 Å². The molecule has 4 heteroatoms. The van der Waals surface area contributed by atoms with Crippen molar-refractivity contribution in [2.24, 2.45) is 5.73 Å². The maximum atomic E-state index is 5.80. The maximum Gasteiger partial charge on any atom is 0.126 e. The molecule has 19 heavy (non-hydrogen) atoms. The lowest BCUT2D eigenvalue weighted by Gasteiger charge is -2.13. The largest absolute Gasteiger partial charge is 0.493 e. The van der Waals surface area contributed by atoms with Gasteiger partial charge in [0.2, 0.25) is 0 Å². The molecule has 0 aliphatic rings. The van der Waals surface area contributed by atoms with E-state index in [1.165, 1.54) is 0 Å². The fraction of sp³-hybridized carbons (Fsp3) is 0.600. The van der Waals surface area contributed by atoms with Crippen molar-refractivity contribution in [3.8, 4) is 11.5 Å². The molecule has 0 bridgehead atoms. The molecule has 108 valence electrons. The minimum atomic E-state index is 0.615. The Bertz CT molecular complexity index is 355. The molecule has 0 heterocycles. The SMILES string of the molecule is CCCOc1ccc(CCN)c(OCCCOC)c1. The summed E-state index contributed by atoms with van der Waals surface area (Å²) >= 11 is 0. The average Bonchev–Trinajstić information content (AvgIpc) is 2.43. The molecule has 0 aliphatic carbocycles. The molecule has 0 aromatic heterocycles. The van der Waals surface area contributed by atoms with Crippen LogP contribution in [0.3, 0.4) is 0 Å². The molecular formula is C15H25NO3. The predicted octanol–water partition coefficient (Wildman–Crippen LogP) is 2.39. The standard InChI is InChI=1S/C15H25NO3/c1-3-9-18-14-6-5-13(7-8-16)15(12-14)19-11-4-10-17-2/h5-6,12H,3-4,7-11,16H2,1-2H3. The van der Waals surface area contributed by atoms with Gasteiger partial charge in [-0.25, -0.2) is 0 Å². The van der Waals surface area contributed by atoms with Crippen molar-refractivity contribution in [2.45, 2.75) is 26.2 Å². The maximum absolute atomic E-state index is 5.80. The van der Waals surface area contributed by atoms with Crippen LogP contribution in [0.15, 0.2) is 18.2 Å². The summed E-state index contributed by atoms with van der Waals surface area (Å²) < 4.78 is 16.4. The van der Waals surface area contributed by atoms with Gasteiger partial charge in [-0.2, -0.15) is 0 Å². The normalized spacial score (nSPS) is 10.5. The van der Waals surface area contributed by atoms with E-state index >= 15 is 0 Å². The van der Waals surface area contributed by atoms with Gasteiger partial charge in [0.1, 0.15) is 11.5 Å². The first-order valence-corrected chi connectivity index (χ1v) is 6.89. The van der Waals surface area contributed by atoms with Crippen LogP contribution in [0.5, 0.6) is 11.5 Å². The van der Waals surface area contributed by atoms with Gasteiger partial charge in [-0.3, -0.25) is 0 Å². The van der Waals surface area contributed by atoms with E-state index < -0.39 is 0 Å². The molecule has 0 aliphatic heterocycles. The monoisotopic (exact) mass is 267 g/mol. The highest BCUT2D eigenvalue weighted by atomic mass is 16.5. The van der Waals surface area contributed by atoms with E-state index in [0.717, 1.165) is 42.9 Å². The highest BCUT2D eigenvalue weighted by molar-refractivity contribution is 5.41. The Kier molecular flexibility index (Phi) is 8.02. The third kappa shape index (κ3) is 5.94. The van der Waals surface area contributed by atoms with E-state index in [-0.39, 0.29) is 0 Å². The quantitative estimate of drug-likeness (QED) is 0.661. The van der Waals surface area contributed by atoms with Gasteiger partial charge in [0.05, 0.1) is 13.2 Å². The van der Waals surface area contributed by atoms with Crippen LogP contribution in [0.2, 0.25) is 0 Å². The number of hydrogen-bond acceptors (Lipinski definition) is 4. The molecule has 0 fully saturated rings. The smallest absolute Gasteiger partial charge is 0.126 e.